The number of benzene rings is 9. The maximum absolute atomic E-state index is 2.57. The minimum Gasteiger partial charge on any atom is -0.309 e. The third-order valence-corrected chi connectivity index (χ3v) is 17.7. The van der Waals surface area contributed by atoms with Gasteiger partial charge in [0.25, 0.3) is 0 Å². The lowest BCUT2D eigenvalue weighted by Crippen LogP contribution is -2.15. The van der Waals surface area contributed by atoms with Crippen LogP contribution >= 0.6 is 0 Å². The Bertz CT molecular complexity index is 3610. The second-order valence-electron chi connectivity index (χ2n) is 22.5. The number of rotatable bonds is 2. The minimum atomic E-state index is -0.114. The van der Waals surface area contributed by atoms with Crippen molar-refractivity contribution in [2.75, 3.05) is 0 Å². The van der Waals surface area contributed by atoms with Crippen molar-refractivity contribution in [3.8, 4) is 55.9 Å². The molecule has 68 heavy (non-hydrogen) atoms. The Hall–Kier alpha value is -7.42. The molecular formula is C66H52N2. The molecule has 0 fully saturated rings. The Morgan fingerprint density at radius 1 is 0.235 bits per heavy atom. The van der Waals surface area contributed by atoms with Gasteiger partial charge >= 0.3 is 0 Å². The summed E-state index contributed by atoms with van der Waals surface area (Å²) in [6.45, 7) is 19.2. The van der Waals surface area contributed by atoms with E-state index >= 15 is 0 Å². The summed E-state index contributed by atoms with van der Waals surface area (Å²) < 4.78 is 5.14. The number of fused-ring (bicyclic) bond motifs is 18. The third kappa shape index (κ3) is 4.55. The molecule has 0 saturated heterocycles. The smallest absolute Gasteiger partial charge is 0.0544 e. The van der Waals surface area contributed by atoms with Crippen LogP contribution in [-0.4, -0.2) is 9.13 Å². The normalized spacial score (nSPS) is 16.7. The van der Waals surface area contributed by atoms with Crippen LogP contribution in [0.1, 0.15) is 99.9 Å². The topological polar surface area (TPSA) is 9.86 Å². The SMILES string of the molecule is CC1(C)c2ccccc2-c2cc3c4cc5c(cc4n(-c4ccc(-n6c7cc8c(cc7c7cc9c(cc76)C(C)(C)c6ccccc6-9)-c6ccccc6C8(C)C)cc4)c3cc21)C(C)(C)c1ccccc1-5. The molecule has 0 aliphatic heterocycles. The molecule has 0 N–H and O–H groups in total. The fourth-order valence-electron chi connectivity index (χ4n) is 14.1. The summed E-state index contributed by atoms with van der Waals surface area (Å²) in [6.07, 6.45) is 0. The third-order valence-electron chi connectivity index (χ3n) is 17.7. The number of hydrogen-bond donors (Lipinski definition) is 0. The van der Waals surface area contributed by atoms with E-state index < -0.39 is 0 Å². The molecule has 0 unspecified atom stereocenters. The van der Waals surface area contributed by atoms with E-state index in [0.29, 0.717) is 0 Å². The van der Waals surface area contributed by atoms with Crippen LogP contribution < -0.4 is 0 Å². The molecule has 0 bridgehead atoms. The van der Waals surface area contributed by atoms with E-state index in [9.17, 15) is 0 Å². The zero-order chi connectivity index (χ0) is 46.0. The predicted octanol–water partition coefficient (Wildman–Crippen LogP) is 17.1. The summed E-state index contributed by atoms with van der Waals surface area (Å²) in [6, 6.07) is 65.8. The quantitative estimate of drug-likeness (QED) is 0.164. The molecule has 2 nitrogen and oxygen atoms in total. The fourth-order valence-corrected chi connectivity index (χ4v) is 14.1. The molecule has 0 amide bonds. The van der Waals surface area contributed by atoms with Crippen molar-refractivity contribution in [3.63, 3.8) is 0 Å². The van der Waals surface area contributed by atoms with Gasteiger partial charge in [-0.05, 0) is 162 Å². The number of nitrogens with zero attached hydrogens (tertiary/aromatic N) is 2. The molecule has 11 aromatic rings. The summed E-state index contributed by atoms with van der Waals surface area (Å²) in [7, 11) is 0. The van der Waals surface area contributed by atoms with Crippen LogP contribution in [0.4, 0.5) is 0 Å². The molecule has 9 aromatic carbocycles. The largest absolute Gasteiger partial charge is 0.309 e. The molecule has 326 valence electrons. The van der Waals surface area contributed by atoms with Gasteiger partial charge < -0.3 is 9.13 Å². The van der Waals surface area contributed by atoms with E-state index in [2.05, 4.69) is 234 Å². The molecule has 0 atom stereocenters. The highest BCUT2D eigenvalue weighted by molar-refractivity contribution is 6.15. The van der Waals surface area contributed by atoms with Crippen LogP contribution in [-0.2, 0) is 21.7 Å². The Balaban J connectivity index is 0.986. The van der Waals surface area contributed by atoms with E-state index in [1.165, 1.54) is 144 Å². The fraction of sp³-hybridized carbons (Fsp3) is 0.182. The molecule has 0 spiro atoms. The summed E-state index contributed by atoms with van der Waals surface area (Å²) in [5, 5.41) is 5.21. The maximum atomic E-state index is 2.57. The summed E-state index contributed by atoms with van der Waals surface area (Å²) in [5.41, 5.74) is 29.0. The van der Waals surface area contributed by atoms with Crippen LogP contribution in [0.3, 0.4) is 0 Å². The lowest BCUT2D eigenvalue weighted by Gasteiger charge is -2.22. The van der Waals surface area contributed by atoms with Gasteiger partial charge in [-0.3, -0.25) is 0 Å². The van der Waals surface area contributed by atoms with Crippen LogP contribution in [0.15, 0.2) is 170 Å². The predicted molar refractivity (Wildman–Crippen MR) is 285 cm³/mol. The van der Waals surface area contributed by atoms with Gasteiger partial charge in [-0.25, -0.2) is 0 Å². The van der Waals surface area contributed by atoms with Crippen molar-refractivity contribution >= 4 is 43.6 Å². The van der Waals surface area contributed by atoms with Crippen LogP contribution in [0.5, 0.6) is 0 Å². The van der Waals surface area contributed by atoms with Crippen LogP contribution in [0, 0.1) is 0 Å². The zero-order valence-corrected chi connectivity index (χ0v) is 40.1. The maximum Gasteiger partial charge on any atom is 0.0544 e. The van der Waals surface area contributed by atoms with E-state index in [-0.39, 0.29) is 21.7 Å². The highest BCUT2D eigenvalue weighted by Crippen LogP contribution is 2.56. The van der Waals surface area contributed by atoms with Crippen molar-refractivity contribution in [3.05, 3.63) is 214 Å². The van der Waals surface area contributed by atoms with Crippen molar-refractivity contribution in [1.82, 2.24) is 9.13 Å². The Kier molecular flexibility index (Phi) is 7.03. The standard InChI is InChI=1S/C66H52N2/c1-63(2)51-21-13-9-17-39(51)43-29-47-48-30-44-40-18-10-14-22-52(40)64(3,4)56(44)34-60(48)67(59(47)33-55(43)63)37-25-27-38(28-26-37)68-61-35-57-45(41-19-11-15-23-53(41)65(57,5)6)31-49(61)50-32-46-42-20-12-16-24-54(42)66(7,8)58(46)36-62(50)68/h9-36H,1-8H3. The highest BCUT2D eigenvalue weighted by Gasteiger charge is 2.41. The average Bonchev–Trinajstić information content (AvgIpc) is 4.09. The van der Waals surface area contributed by atoms with Crippen molar-refractivity contribution in [2.24, 2.45) is 0 Å². The zero-order valence-electron chi connectivity index (χ0n) is 40.1. The molecule has 0 saturated carbocycles. The van der Waals surface area contributed by atoms with Crippen molar-refractivity contribution < 1.29 is 0 Å². The Morgan fingerprint density at radius 2 is 0.456 bits per heavy atom. The average molecular weight is 873 g/mol. The van der Waals surface area contributed by atoms with Crippen molar-refractivity contribution in [1.29, 1.82) is 0 Å². The number of hydrogen-bond acceptors (Lipinski definition) is 0. The molecule has 2 aromatic heterocycles. The molecule has 2 heterocycles. The van der Waals surface area contributed by atoms with Crippen LogP contribution in [0.25, 0.3) is 99.5 Å². The van der Waals surface area contributed by atoms with Gasteiger partial charge in [0, 0.05) is 54.6 Å². The summed E-state index contributed by atoms with van der Waals surface area (Å²) in [4.78, 5) is 0. The van der Waals surface area contributed by atoms with Gasteiger partial charge in [0.05, 0.1) is 22.1 Å². The first-order chi connectivity index (χ1) is 32.7. The van der Waals surface area contributed by atoms with E-state index in [4.69, 9.17) is 0 Å². The first-order valence-electron chi connectivity index (χ1n) is 24.6. The second kappa shape index (κ2) is 12.4. The van der Waals surface area contributed by atoms with E-state index in [1.54, 1.807) is 0 Å². The molecule has 2 heteroatoms. The molecule has 15 rings (SSSR count). The van der Waals surface area contributed by atoms with Gasteiger partial charge in [0.2, 0.25) is 0 Å². The van der Waals surface area contributed by atoms with Gasteiger partial charge in [-0.1, -0.05) is 152 Å². The van der Waals surface area contributed by atoms with E-state index in [1.807, 2.05) is 0 Å². The van der Waals surface area contributed by atoms with E-state index in [0.717, 1.165) is 0 Å². The monoisotopic (exact) mass is 872 g/mol. The Labute approximate surface area is 398 Å². The van der Waals surface area contributed by atoms with Gasteiger partial charge in [-0.2, -0.15) is 0 Å². The lowest BCUT2D eigenvalue weighted by atomic mass is 9.82. The van der Waals surface area contributed by atoms with Gasteiger partial charge in [0.1, 0.15) is 0 Å². The van der Waals surface area contributed by atoms with Crippen LogP contribution in [0.2, 0.25) is 0 Å². The molecule has 4 aliphatic rings. The minimum absolute atomic E-state index is 0.114. The first kappa shape index (κ1) is 38.7. The second-order valence-corrected chi connectivity index (χ2v) is 22.5. The van der Waals surface area contributed by atoms with Gasteiger partial charge in [0.15, 0.2) is 0 Å². The summed E-state index contributed by atoms with van der Waals surface area (Å²) in [5.74, 6) is 0. The molecule has 0 radical (unpaired) electrons. The van der Waals surface area contributed by atoms with Crippen molar-refractivity contribution in [2.45, 2.75) is 77.0 Å². The number of aromatic nitrogens is 2. The first-order valence-corrected chi connectivity index (χ1v) is 24.6. The lowest BCUT2D eigenvalue weighted by molar-refractivity contribution is 0.660. The summed E-state index contributed by atoms with van der Waals surface area (Å²) >= 11 is 0. The van der Waals surface area contributed by atoms with Gasteiger partial charge in [-0.15, -0.1) is 0 Å². The Morgan fingerprint density at radius 3 is 0.691 bits per heavy atom. The molecule has 4 aliphatic carbocycles. The molecular weight excluding hydrogens is 821 g/mol. The highest BCUT2D eigenvalue weighted by atomic mass is 15.0.